The highest BCUT2D eigenvalue weighted by Crippen LogP contribution is 2.21. The molecule has 0 amide bonds. The van der Waals surface area contributed by atoms with E-state index in [1.807, 2.05) is 13.0 Å². The molecule has 0 saturated heterocycles. The Hall–Kier alpha value is -1.22. The van der Waals surface area contributed by atoms with Gasteiger partial charge in [-0.05, 0) is 36.6 Å². The average Bonchev–Trinajstić information content (AvgIpc) is 2.19. The maximum Gasteiger partial charge on any atom is 0.119 e. The maximum absolute atomic E-state index is 9.33. The molecule has 0 heterocycles. The quantitative estimate of drug-likeness (QED) is 0.798. The smallest absolute Gasteiger partial charge is 0.119 e. The minimum absolute atomic E-state index is 0.0408. The Kier molecular flexibility index (Phi) is 3.97. The van der Waals surface area contributed by atoms with E-state index in [1.54, 1.807) is 12.1 Å². The van der Waals surface area contributed by atoms with Crippen LogP contribution in [0.2, 0.25) is 0 Å². The molecule has 0 bridgehead atoms. The van der Waals surface area contributed by atoms with Crippen LogP contribution < -0.4 is 10.5 Å². The van der Waals surface area contributed by atoms with Crippen molar-refractivity contribution in [3.8, 4) is 11.5 Å². The fraction of sp³-hybridized carbons (Fsp3) is 0.500. The summed E-state index contributed by atoms with van der Waals surface area (Å²) in [6.45, 7) is 6.47. The van der Waals surface area contributed by atoms with Crippen molar-refractivity contribution in [1.82, 2.24) is 0 Å². The van der Waals surface area contributed by atoms with Gasteiger partial charge in [-0.3, -0.25) is 0 Å². The van der Waals surface area contributed by atoms with Crippen LogP contribution in [0.5, 0.6) is 11.5 Å². The highest BCUT2D eigenvalue weighted by atomic mass is 16.5. The lowest BCUT2D eigenvalue weighted by Gasteiger charge is -2.16. The summed E-state index contributed by atoms with van der Waals surface area (Å²) < 4.78 is 5.53. The van der Waals surface area contributed by atoms with Crippen molar-refractivity contribution in [3.05, 3.63) is 23.8 Å². The zero-order valence-corrected chi connectivity index (χ0v) is 9.53. The normalized spacial score (nSPS) is 12.9. The van der Waals surface area contributed by atoms with E-state index in [4.69, 9.17) is 10.5 Å². The minimum atomic E-state index is 0.0408. The fourth-order valence-electron chi connectivity index (χ4n) is 1.10. The van der Waals surface area contributed by atoms with Crippen LogP contribution in [-0.4, -0.2) is 17.8 Å². The molecule has 1 aromatic carbocycles. The van der Waals surface area contributed by atoms with Crippen LogP contribution in [-0.2, 0) is 0 Å². The summed E-state index contributed by atoms with van der Waals surface area (Å²) in [6, 6.07) is 5.22. The molecule has 84 valence electrons. The van der Waals surface area contributed by atoms with Gasteiger partial charge in [-0.1, -0.05) is 13.8 Å². The molecule has 3 N–H and O–H groups in total. The summed E-state index contributed by atoms with van der Waals surface area (Å²) in [5.41, 5.74) is 6.67. The predicted octanol–water partition coefficient (Wildman–Crippen LogP) is 2.06. The summed E-state index contributed by atoms with van der Waals surface area (Å²) in [6.07, 6.45) is 0. The van der Waals surface area contributed by atoms with E-state index in [9.17, 15) is 5.11 Å². The molecule has 0 radical (unpaired) electrons. The lowest BCUT2D eigenvalue weighted by molar-refractivity contribution is 0.259. The first-order valence-electron chi connectivity index (χ1n) is 5.18. The van der Waals surface area contributed by atoms with Gasteiger partial charge in [-0.25, -0.2) is 0 Å². The number of nitrogens with two attached hydrogens (primary N) is 1. The molecule has 0 spiro atoms. The Morgan fingerprint density at radius 1 is 1.40 bits per heavy atom. The van der Waals surface area contributed by atoms with Crippen LogP contribution in [0.15, 0.2) is 18.2 Å². The van der Waals surface area contributed by atoms with Gasteiger partial charge in [0.2, 0.25) is 0 Å². The van der Waals surface area contributed by atoms with Gasteiger partial charge < -0.3 is 15.6 Å². The molecule has 3 nitrogen and oxygen atoms in total. The SMILES string of the molecule is Cc1cc(OCC(N)C(C)C)ccc1O. The third-order valence-corrected chi connectivity index (χ3v) is 2.47. The van der Waals surface area contributed by atoms with Gasteiger partial charge in [0.15, 0.2) is 0 Å². The Morgan fingerprint density at radius 2 is 2.07 bits per heavy atom. The zero-order chi connectivity index (χ0) is 11.4. The van der Waals surface area contributed by atoms with E-state index in [2.05, 4.69) is 13.8 Å². The Balaban J connectivity index is 2.55. The number of phenolic OH excluding ortho intramolecular Hbond substituents is 1. The molecule has 0 aromatic heterocycles. The van der Waals surface area contributed by atoms with Crippen molar-refractivity contribution in [2.45, 2.75) is 26.8 Å². The van der Waals surface area contributed by atoms with E-state index in [0.717, 1.165) is 11.3 Å². The standard InChI is InChI=1S/C12H19NO2/c1-8(2)11(13)7-15-10-4-5-12(14)9(3)6-10/h4-6,8,11,14H,7,13H2,1-3H3. The molecule has 0 fully saturated rings. The molecule has 0 saturated carbocycles. The van der Waals surface area contributed by atoms with Crippen LogP contribution >= 0.6 is 0 Å². The Labute approximate surface area is 90.9 Å². The first kappa shape index (κ1) is 11.9. The highest BCUT2D eigenvalue weighted by Gasteiger charge is 2.08. The number of aryl methyl sites for hydroxylation is 1. The lowest BCUT2D eigenvalue weighted by atomic mass is 10.1. The second-order valence-electron chi connectivity index (χ2n) is 4.17. The largest absolute Gasteiger partial charge is 0.508 e. The number of phenols is 1. The van der Waals surface area contributed by atoms with Gasteiger partial charge >= 0.3 is 0 Å². The topological polar surface area (TPSA) is 55.5 Å². The molecule has 0 aliphatic rings. The molecule has 0 aliphatic carbocycles. The van der Waals surface area contributed by atoms with E-state index >= 15 is 0 Å². The predicted molar refractivity (Wildman–Crippen MR) is 61.2 cm³/mol. The second-order valence-corrected chi connectivity index (χ2v) is 4.17. The Morgan fingerprint density at radius 3 is 2.60 bits per heavy atom. The number of benzene rings is 1. The molecule has 3 heteroatoms. The van der Waals surface area contributed by atoms with Crippen molar-refractivity contribution in [3.63, 3.8) is 0 Å². The van der Waals surface area contributed by atoms with E-state index < -0.39 is 0 Å². The fourth-order valence-corrected chi connectivity index (χ4v) is 1.10. The van der Waals surface area contributed by atoms with E-state index in [1.165, 1.54) is 0 Å². The summed E-state index contributed by atoms with van der Waals surface area (Å²) in [5, 5.41) is 9.33. The van der Waals surface area contributed by atoms with Crippen LogP contribution in [0.1, 0.15) is 19.4 Å². The van der Waals surface area contributed by atoms with Gasteiger partial charge in [0, 0.05) is 6.04 Å². The monoisotopic (exact) mass is 209 g/mol. The molecule has 1 atom stereocenters. The zero-order valence-electron chi connectivity index (χ0n) is 9.53. The number of aromatic hydroxyl groups is 1. The summed E-state index contributed by atoms with van der Waals surface area (Å²) in [7, 11) is 0. The van der Waals surface area contributed by atoms with Crippen LogP contribution in [0.25, 0.3) is 0 Å². The van der Waals surface area contributed by atoms with Gasteiger partial charge in [-0.15, -0.1) is 0 Å². The number of hydrogen-bond donors (Lipinski definition) is 2. The van der Waals surface area contributed by atoms with Gasteiger partial charge in [0.25, 0.3) is 0 Å². The van der Waals surface area contributed by atoms with Crippen molar-refractivity contribution < 1.29 is 9.84 Å². The third-order valence-electron chi connectivity index (χ3n) is 2.47. The first-order chi connectivity index (χ1) is 7.00. The average molecular weight is 209 g/mol. The molecule has 0 aliphatic heterocycles. The van der Waals surface area contributed by atoms with Gasteiger partial charge in [-0.2, -0.15) is 0 Å². The van der Waals surface area contributed by atoms with Gasteiger partial charge in [0.1, 0.15) is 18.1 Å². The molecule has 1 rings (SSSR count). The van der Waals surface area contributed by atoms with Crippen LogP contribution in [0, 0.1) is 12.8 Å². The molecular formula is C12H19NO2. The maximum atomic E-state index is 9.33. The second kappa shape index (κ2) is 5.03. The lowest BCUT2D eigenvalue weighted by Crippen LogP contribution is -2.32. The van der Waals surface area contributed by atoms with Crippen molar-refractivity contribution in [1.29, 1.82) is 0 Å². The molecular weight excluding hydrogens is 190 g/mol. The number of ether oxygens (including phenoxy) is 1. The summed E-state index contributed by atoms with van der Waals surface area (Å²) in [4.78, 5) is 0. The molecule has 1 unspecified atom stereocenters. The number of hydrogen-bond acceptors (Lipinski definition) is 3. The van der Waals surface area contributed by atoms with Crippen molar-refractivity contribution in [2.24, 2.45) is 11.7 Å². The molecule has 1 aromatic rings. The first-order valence-corrected chi connectivity index (χ1v) is 5.18. The summed E-state index contributed by atoms with van der Waals surface area (Å²) in [5.74, 6) is 1.44. The van der Waals surface area contributed by atoms with Crippen molar-refractivity contribution >= 4 is 0 Å². The number of rotatable bonds is 4. The van der Waals surface area contributed by atoms with E-state index in [0.29, 0.717) is 12.5 Å². The highest BCUT2D eigenvalue weighted by molar-refractivity contribution is 5.38. The van der Waals surface area contributed by atoms with Gasteiger partial charge in [0.05, 0.1) is 0 Å². The van der Waals surface area contributed by atoms with Crippen LogP contribution in [0.3, 0.4) is 0 Å². The van der Waals surface area contributed by atoms with Crippen LogP contribution in [0.4, 0.5) is 0 Å². The molecule has 15 heavy (non-hydrogen) atoms. The van der Waals surface area contributed by atoms with E-state index in [-0.39, 0.29) is 11.8 Å². The Bertz CT molecular complexity index is 323. The van der Waals surface area contributed by atoms with Crippen molar-refractivity contribution in [2.75, 3.05) is 6.61 Å². The summed E-state index contributed by atoms with van der Waals surface area (Å²) >= 11 is 0. The third kappa shape index (κ3) is 3.44. The minimum Gasteiger partial charge on any atom is -0.508 e.